The third kappa shape index (κ3) is 3.24. The lowest BCUT2D eigenvalue weighted by Crippen LogP contribution is -2.27. The van der Waals surface area contributed by atoms with Gasteiger partial charge < -0.3 is 9.88 Å². The molecule has 0 spiro atoms. The van der Waals surface area contributed by atoms with Crippen LogP contribution in [0.5, 0.6) is 0 Å². The Hall–Kier alpha value is -1.87. The minimum atomic E-state index is 0.106. The van der Waals surface area contributed by atoms with Gasteiger partial charge in [0.15, 0.2) is 0 Å². The maximum Gasteiger partial charge on any atom is 0.255 e. The number of nitrogens with zero attached hydrogens (tertiary/aromatic N) is 1. The van der Waals surface area contributed by atoms with Gasteiger partial charge in [-0.25, -0.2) is 0 Å². The molecule has 0 unspecified atom stereocenters. The molecule has 3 nitrogen and oxygen atoms in total. The summed E-state index contributed by atoms with van der Waals surface area (Å²) in [6, 6.07) is 10.4. The Morgan fingerprint density at radius 3 is 2.43 bits per heavy atom. The van der Waals surface area contributed by atoms with E-state index in [1.807, 2.05) is 24.5 Å². The molecule has 0 fully saturated rings. The lowest BCUT2D eigenvalue weighted by atomic mass is 10.0. The molecule has 1 heterocycles. The normalized spacial score (nSPS) is 10.9. The summed E-state index contributed by atoms with van der Waals surface area (Å²) in [7, 11) is 0. The maximum atomic E-state index is 12.6. The second-order valence-corrected chi connectivity index (χ2v) is 5.37. The zero-order valence-corrected chi connectivity index (χ0v) is 13.4. The van der Waals surface area contributed by atoms with Crippen molar-refractivity contribution >= 4 is 0 Å². The summed E-state index contributed by atoms with van der Waals surface area (Å²) in [5.41, 5.74) is 5.55. The van der Waals surface area contributed by atoms with E-state index < -0.39 is 0 Å². The highest BCUT2D eigenvalue weighted by Gasteiger charge is 2.09. The second-order valence-electron chi connectivity index (χ2n) is 5.37. The van der Waals surface area contributed by atoms with Crippen LogP contribution in [0.15, 0.2) is 35.1 Å². The van der Waals surface area contributed by atoms with Gasteiger partial charge in [0.05, 0.1) is 5.69 Å². The van der Waals surface area contributed by atoms with Crippen LogP contribution in [-0.4, -0.2) is 11.1 Å². The molecule has 112 valence electrons. The number of aryl methyl sites for hydroxylation is 2. The van der Waals surface area contributed by atoms with Crippen LogP contribution in [0.2, 0.25) is 0 Å². The number of rotatable bonds is 5. The molecule has 0 saturated heterocycles. The number of hydrogen-bond donors (Lipinski definition) is 1. The van der Waals surface area contributed by atoms with E-state index in [4.69, 9.17) is 0 Å². The Morgan fingerprint density at radius 2 is 1.81 bits per heavy atom. The molecule has 1 aromatic carbocycles. The van der Waals surface area contributed by atoms with E-state index in [0.29, 0.717) is 13.1 Å². The molecule has 1 aromatic heterocycles. The van der Waals surface area contributed by atoms with E-state index in [2.05, 4.69) is 43.4 Å². The highest BCUT2D eigenvalue weighted by molar-refractivity contribution is 5.61. The van der Waals surface area contributed by atoms with Gasteiger partial charge in [0.2, 0.25) is 0 Å². The molecule has 21 heavy (non-hydrogen) atoms. The van der Waals surface area contributed by atoms with Crippen molar-refractivity contribution < 1.29 is 0 Å². The fourth-order valence-corrected chi connectivity index (χ4v) is 2.48. The van der Waals surface area contributed by atoms with E-state index in [0.717, 1.165) is 23.4 Å². The molecule has 2 aromatic rings. The van der Waals surface area contributed by atoms with Gasteiger partial charge in [-0.3, -0.25) is 4.79 Å². The lowest BCUT2D eigenvalue weighted by molar-refractivity contribution is 0.682. The fourth-order valence-electron chi connectivity index (χ4n) is 2.48. The van der Waals surface area contributed by atoms with Crippen LogP contribution in [0.3, 0.4) is 0 Å². The predicted molar refractivity (Wildman–Crippen MR) is 88.7 cm³/mol. The monoisotopic (exact) mass is 284 g/mol. The summed E-state index contributed by atoms with van der Waals surface area (Å²) in [5, 5.41) is 3.22. The van der Waals surface area contributed by atoms with Gasteiger partial charge in [-0.1, -0.05) is 25.1 Å². The molecule has 2 rings (SSSR count). The van der Waals surface area contributed by atoms with E-state index in [1.54, 1.807) is 0 Å². The number of benzene rings is 1. The number of hydrogen-bond acceptors (Lipinski definition) is 2. The van der Waals surface area contributed by atoms with E-state index in [9.17, 15) is 4.79 Å². The smallest absolute Gasteiger partial charge is 0.255 e. The summed E-state index contributed by atoms with van der Waals surface area (Å²) in [4.78, 5) is 12.6. The minimum absolute atomic E-state index is 0.106. The van der Waals surface area contributed by atoms with Gasteiger partial charge in [-0.2, -0.15) is 0 Å². The number of pyridine rings is 1. The van der Waals surface area contributed by atoms with Crippen molar-refractivity contribution in [1.82, 2.24) is 9.88 Å². The second kappa shape index (κ2) is 6.72. The predicted octanol–water partition coefficient (Wildman–Crippen LogP) is 3.26. The van der Waals surface area contributed by atoms with Crippen molar-refractivity contribution in [3.63, 3.8) is 0 Å². The molecule has 0 radical (unpaired) electrons. The molecular weight excluding hydrogens is 260 g/mol. The first-order valence-corrected chi connectivity index (χ1v) is 7.59. The largest absolute Gasteiger partial charge is 0.313 e. The quantitative estimate of drug-likeness (QED) is 0.914. The Bertz CT molecular complexity index is 686. The van der Waals surface area contributed by atoms with Crippen molar-refractivity contribution in [2.75, 3.05) is 6.54 Å². The molecule has 0 aliphatic carbocycles. The third-order valence-corrected chi connectivity index (χ3v) is 3.94. The average Bonchev–Trinajstić information content (AvgIpc) is 2.48. The van der Waals surface area contributed by atoms with Crippen molar-refractivity contribution in [2.45, 2.75) is 40.8 Å². The van der Waals surface area contributed by atoms with Crippen LogP contribution in [0.4, 0.5) is 0 Å². The molecule has 0 atom stereocenters. The van der Waals surface area contributed by atoms with Crippen LogP contribution in [0, 0.1) is 13.8 Å². The fraction of sp³-hybridized carbons (Fsp3) is 0.389. The van der Waals surface area contributed by atoms with E-state index >= 15 is 0 Å². The van der Waals surface area contributed by atoms with Crippen molar-refractivity contribution in [3.8, 4) is 11.3 Å². The van der Waals surface area contributed by atoms with Crippen molar-refractivity contribution in [3.05, 3.63) is 57.4 Å². The molecule has 0 amide bonds. The summed E-state index contributed by atoms with van der Waals surface area (Å²) in [6.45, 7) is 10.4. The third-order valence-electron chi connectivity index (χ3n) is 3.94. The van der Waals surface area contributed by atoms with E-state index in [-0.39, 0.29) is 5.56 Å². The van der Waals surface area contributed by atoms with Crippen LogP contribution >= 0.6 is 0 Å². The number of aromatic nitrogens is 1. The van der Waals surface area contributed by atoms with Gasteiger partial charge in [-0.15, -0.1) is 0 Å². The van der Waals surface area contributed by atoms with Gasteiger partial charge in [0.25, 0.3) is 5.56 Å². The van der Waals surface area contributed by atoms with Gasteiger partial charge in [0, 0.05) is 18.7 Å². The molecular formula is C18H24N2O. The van der Waals surface area contributed by atoms with Gasteiger partial charge in [0.1, 0.15) is 0 Å². The molecule has 0 aliphatic heterocycles. The SMILES string of the molecule is CCNCc1ccc(-c2ccc(C)c(C)c2)n(CC)c1=O. The summed E-state index contributed by atoms with van der Waals surface area (Å²) < 4.78 is 1.86. The zero-order chi connectivity index (χ0) is 15.4. The standard InChI is InChI=1S/C18H24N2O/c1-5-19-12-16-9-10-17(20(6-2)18(16)21)15-8-7-13(3)14(4)11-15/h7-11,19H,5-6,12H2,1-4H3. The number of nitrogens with one attached hydrogen (secondary N) is 1. The summed E-state index contributed by atoms with van der Waals surface area (Å²) >= 11 is 0. The zero-order valence-electron chi connectivity index (χ0n) is 13.4. The van der Waals surface area contributed by atoms with Crippen LogP contribution < -0.4 is 10.9 Å². The molecule has 0 saturated carbocycles. The van der Waals surface area contributed by atoms with Gasteiger partial charge in [-0.05, 0) is 56.1 Å². The van der Waals surface area contributed by atoms with Crippen molar-refractivity contribution in [1.29, 1.82) is 0 Å². The molecule has 0 aliphatic rings. The van der Waals surface area contributed by atoms with E-state index in [1.165, 1.54) is 11.1 Å². The maximum absolute atomic E-state index is 12.6. The summed E-state index contributed by atoms with van der Waals surface area (Å²) in [5.74, 6) is 0. The summed E-state index contributed by atoms with van der Waals surface area (Å²) in [6.07, 6.45) is 0. The van der Waals surface area contributed by atoms with Crippen LogP contribution in [0.1, 0.15) is 30.5 Å². The highest BCUT2D eigenvalue weighted by atomic mass is 16.1. The van der Waals surface area contributed by atoms with Gasteiger partial charge >= 0.3 is 0 Å². The Labute approximate surface area is 126 Å². The van der Waals surface area contributed by atoms with Crippen LogP contribution in [0.25, 0.3) is 11.3 Å². The average molecular weight is 284 g/mol. The molecule has 0 bridgehead atoms. The Balaban J connectivity index is 2.51. The first-order valence-electron chi connectivity index (χ1n) is 7.59. The molecule has 1 N–H and O–H groups in total. The van der Waals surface area contributed by atoms with Crippen molar-refractivity contribution in [2.24, 2.45) is 0 Å². The lowest BCUT2D eigenvalue weighted by Gasteiger charge is -2.14. The first kappa shape index (κ1) is 15.5. The Morgan fingerprint density at radius 1 is 1.05 bits per heavy atom. The van der Waals surface area contributed by atoms with Crippen LogP contribution in [-0.2, 0) is 13.1 Å². The topological polar surface area (TPSA) is 34.0 Å². The molecule has 3 heteroatoms. The first-order chi connectivity index (χ1) is 10.1. The highest BCUT2D eigenvalue weighted by Crippen LogP contribution is 2.21. The minimum Gasteiger partial charge on any atom is -0.313 e. The Kier molecular flexibility index (Phi) is 4.97.